The number of nitrogens with one attached hydrogen (secondary N) is 1. The van der Waals surface area contributed by atoms with E-state index < -0.39 is 5.97 Å². The van der Waals surface area contributed by atoms with Crippen molar-refractivity contribution in [2.24, 2.45) is 0 Å². The van der Waals surface area contributed by atoms with Crippen LogP contribution in [0.25, 0.3) is 0 Å². The monoisotopic (exact) mass is 381 g/mol. The van der Waals surface area contributed by atoms with Crippen LogP contribution in [-0.2, 0) is 9.53 Å². The highest BCUT2D eigenvalue weighted by Gasteiger charge is 2.10. The van der Waals surface area contributed by atoms with E-state index in [1.807, 2.05) is 0 Å². The van der Waals surface area contributed by atoms with E-state index >= 15 is 0 Å². The van der Waals surface area contributed by atoms with Crippen molar-refractivity contribution in [3.8, 4) is 5.75 Å². The highest BCUT2D eigenvalue weighted by atomic mass is 79.9. The summed E-state index contributed by atoms with van der Waals surface area (Å²) in [6.45, 7) is -0.229. The van der Waals surface area contributed by atoms with Gasteiger partial charge in [-0.1, -0.05) is 0 Å². The van der Waals surface area contributed by atoms with Crippen LogP contribution in [0.4, 0.5) is 10.1 Å². The van der Waals surface area contributed by atoms with Crippen molar-refractivity contribution in [3.63, 3.8) is 0 Å². The zero-order chi connectivity index (χ0) is 16.8. The topological polar surface area (TPSA) is 64.6 Å². The number of benzene rings is 2. The number of ether oxygens (including phenoxy) is 2. The number of rotatable bonds is 5. The summed E-state index contributed by atoms with van der Waals surface area (Å²) in [5.74, 6) is -0.826. The third kappa shape index (κ3) is 4.79. The lowest BCUT2D eigenvalue weighted by molar-refractivity contribution is -0.118. The Morgan fingerprint density at radius 1 is 1.17 bits per heavy atom. The zero-order valence-corrected chi connectivity index (χ0v) is 13.7. The Morgan fingerprint density at radius 2 is 1.87 bits per heavy atom. The van der Waals surface area contributed by atoms with Crippen LogP contribution in [0.1, 0.15) is 10.4 Å². The minimum atomic E-state index is -0.466. The van der Waals surface area contributed by atoms with Gasteiger partial charge in [-0.2, -0.15) is 0 Å². The molecule has 0 fully saturated rings. The molecule has 0 atom stereocenters. The summed E-state index contributed by atoms with van der Waals surface area (Å²) in [5, 5.41) is 2.58. The third-order valence-electron chi connectivity index (χ3n) is 2.84. The molecule has 2 aromatic rings. The van der Waals surface area contributed by atoms with Crippen molar-refractivity contribution < 1.29 is 23.5 Å². The molecule has 0 bridgehead atoms. The largest absolute Gasteiger partial charge is 0.483 e. The molecule has 0 radical (unpaired) electrons. The van der Waals surface area contributed by atoms with E-state index in [1.54, 1.807) is 12.1 Å². The van der Waals surface area contributed by atoms with Crippen molar-refractivity contribution in [2.45, 2.75) is 0 Å². The van der Waals surface area contributed by atoms with Gasteiger partial charge in [-0.15, -0.1) is 0 Å². The molecule has 0 spiro atoms. The first kappa shape index (κ1) is 17.0. The van der Waals surface area contributed by atoms with Gasteiger partial charge in [0.2, 0.25) is 0 Å². The first-order chi connectivity index (χ1) is 11.0. The minimum Gasteiger partial charge on any atom is -0.483 e. The SMILES string of the molecule is COC(=O)c1ccc(OCC(=O)Nc2ccc(F)cc2)c(Br)c1. The van der Waals surface area contributed by atoms with Crippen LogP contribution in [0.15, 0.2) is 46.9 Å². The maximum absolute atomic E-state index is 12.8. The van der Waals surface area contributed by atoms with E-state index in [9.17, 15) is 14.0 Å². The summed E-state index contributed by atoms with van der Waals surface area (Å²) in [4.78, 5) is 23.2. The number of hydrogen-bond donors (Lipinski definition) is 1. The Morgan fingerprint density at radius 3 is 2.48 bits per heavy atom. The van der Waals surface area contributed by atoms with E-state index in [4.69, 9.17) is 4.74 Å². The molecule has 2 rings (SSSR count). The molecular formula is C16H13BrFNO4. The molecule has 0 aliphatic carbocycles. The van der Waals surface area contributed by atoms with Gasteiger partial charge in [0.25, 0.3) is 5.91 Å². The Labute approximate surface area is 140 Å². The van der Waals surface area contributed by atoms with Crippen LogP contribution < -0.4 is 10.1 Å². The Kier molecular flexibility index (Phi) is 5.70. The first-order valence-electron chi connectivity index (χ1n) is 6.55. The predicted molar refractivity (Wildman–Crippen MR) is 86.0 cm³/mol. The fraction of sp³-hybridized carbons (Fsp3) is 0.125. The Hall–Kier alpha value is -2.41. The number of carbonyl (C=O) groups excluding carboxylic acids is 2. The summed E-state index contributed by atoms with van der Waals surface area (Å²) in [6, 6.07) is 10.0. The zero-order valence-electron chi connectivity index (χ0n) is 12.1. The molecule has 0 aliphatic rings. The maximum Gasteiger partial charge on any atom is 0.337 e. The average molecular weight is 382 g/mol. The molecule has 7 heteroatoms. The molecule has 0 unspecified atom stereocenters. The molecule has 0 saturated carbocycles. The second-order valence-electron chi connectivity index (χ2n) is 4.48. The molecule has 1 amide bonds. The van der Waals surface area contributed by atoms with Gasteiger partial charge in [0.1, 0.15) is 11.6 Å². The smallest absolute Gasteiger partial charge is 0.337 e. The quantitative estimate of drug-likeness (QED) is 0.806. The molecule has 1 N–H and O–H groups in total. The van der Waals surface area contributed by atoms with Gasteiger partial charge >= 0.3 is 5.97 Å². The number of esters is 1. The van der Waals surface area contributed by atoms with E-state index in [0.717, 1.165) is 0 Å². The lowest BCUT2D eigenvalue weighted by Gasteiger charge is -2.10. The van der Waals surface area contributed by atoms with Gasteiger partial charge in [0, 0.05) is 5.69 Å². The molecule has 0 saturated heterocycles. The van der Waals surface area contributed by atoms with Crippen LogP contribution in [-0.4, -0.2) is 25.6 Å². The highest BCUT2D eigenvalue weighted by Crippen LogP contribution is 2.26. The van der Waals surface area contributed by atoms with Crippen LogP contribution in [0.3, 0.4) is 0 Å². The summed E-state index contributed by atoms with van der Waals surface area (Å²) in [7, 11) is 1.29. The van der Waals surface area contributed by atoms with Gasteiger partial charge in [0.15, 0.2) is 6.61 Å². The number of halogens is 2. The van der Waals surface area contributed by atoms with E-state index in [-0.39, 0.29) is 18.3 Å². The van der Waals surface area contributed by atoms with Crippen molar-refractivity contribution in [1.29, 1.82) is 0 Å². The fourth-order valence-electron chi connectivity index (χ4n) is 1.74. The maximum atomic E-state index is 12.8. The number of carbonyl (C=O) groups is 2. The number of hydrogen-bond acceptors (Lipinski definition) is 4. The van der Waals surface area contributed by atoms with Crippen molar-refractivity contribution in [1.82, 2.24) is 0 Å². The summed E-state index contributed by atoms with van der Waals surface area (Å²) >= 11 is 3.26. The summed E-state index contributed by atoms with van der Waals surface area (Å²) < 4.78 is 23.3. The van der Waals surface area contributed by atoms with Gasteiger partial charge in [-0.05, 0) is 58.4 Å². The second kappa shape index (κ2) is 7.73. The normalized spacial score (nSPS) is 10.0. The van der Waals surface area contributed by atoms with Crippen molar-refractivity contribution in [3.05, 3.63) is 58.3 Å². The Bertz CT molecular complexity index is 719. The van der Waals surface area contributed by atoms with Gasteiger partial charge in [0.05, 0.1) is 17.1 Å². The minimum absolute atomic E-state index is 0.229. The Balaban J connectivity index is 1.93. The van der Waals surface area contributed by atoms with E-state index in [1.165, 1.54) is 37.4 Å². The van der Waals surface area contributed by atoms with Gasteiger partial charge < -0.3 is 14.8 Å². The van der Waals surface area contributed by atoms with Gasteiger partial charge in [-0.25, -0.2) is 9.18 Å². The number of anilines is 1. The average Bonchev–Trinajstić information content (AvgIpc) is 2.55. The summed E-state index contributed by atoms with van der Waals surface area (Å²) in [5.41, 5.74) is 0.836. The summed E-state index contributed by atoms with van der Waals surface area (Å²) in [6.07, 6.45) is 0. The predicted octanol–water partition coefficient (Wildman–Crippen LogP) is 3.39. The third-order valence-corrected chi connectivity index (χ3v) is 3.46. The molecular weight excluding hydrogens is 369 g/mol. The van der Waals surface area contributed by atoms with Crippen molar-refractivity contribution >= 4 is 33.5 Å². The highest BCUT2D eigenvalue weighted by molar-refractivity contribution is 9.10. The molecule has 23 heavy (non-hydrogen) atoms. The molecule has 0 aromatic heterocycles. The lowest BCUT2D eigenvalue weighted by Crippen LogP contribution is -2.20. The molecule has 2 aromatic carbocycles. The fourth-order valence-corrected chi connectivity index (χ4v) is 2.23. The second-order valence-corrected chi connectivity index (χ2v) is 5.33. The molecule has 0 aliphatic heterocycles. The van der Waals surface area contributed by atoms with Crippen LogP contribution in [0.2, 0.25) is 0 Å². The molecule has 120 valence electrons. The standard InChI is InChI=1S/C16H13BrFNO4/c1-22-16(21)10-2-7-14(13(17)8-10)23-9-15(20)19-12-5-3-11(18)4-6-12/h2-8H,9H2,1H3,(H,19,20). The van der Waals surface area contributed by atoms with Crippen LogP contribution in [0, 0.1) is 5.82 Å². The van der Waals surface area contributed by atoms with Crippen molar-refractivity contribution in [2.75, 3.05) is 19.0 Å². The van der Waals surface area contributed by atoms with E-state index in [2.05, 4.69) is 26.0 Å². The van der Waals surface area contributed by atoms with Crippen LogP contribution >= 0.6 is 15.9 Å². The number of methoxy groups -OCH3 is 1. The first-order valence-corrected chi connectivity index (χ1v) is 7.35. The molecule has 5 nitrogen and oxygen atoms in total. The van der Waals surface area contributed by atoms with Crippen LogP contribution in [0.5, 0.6) is 5.75 Å². The van der Waals surface area contributed by atoms with Gasteiger partial charge in [-0.3, -0.25) is 4.79 Å². The lowest BCUT2D eigenvalue weighted by atomic mass is 10.2. The molecule has 0 heterocycles. The number of amides is 1. The van der Waals surface area contributed by atoms with E-state index in [0.29, 0.717) is 21.5 Å².